The number of carbonyl (C=O) groups excluding carboxylic acids is 2. The first-order valence-corrected chi connectivity index (χ1v) is 14.1. The van der Waals surface area contributed by atoms with Crippen LogP contribution in [0.15, 0.2) is 66.9 Å². The molecule has 0 bridgehead atoms. The molecule has 0 amide bonds. The van der Waals surface area contributed by atoms with Gasteiger partial charge in [0.15, 0.2) is 5.92 Å². The minimum Gasteiger partial charge on any atom is -0.487 e. The van der Waals surface area contributed by atoms with Crippen LogP contribution in [-0.4, -0.2) is 27.6 Å². The van der Waals surface area contributed by atoms with Gasteiger partial charge in [-0.2, -0.15) is 0 Å². The van der Waals surface area contributed by atoms with Crippen molar-refractivity contribution in [3.8, 4) is 5.75 Å². The van der Waals surface area contributed by atoms with E-state index in [0.29, 0.717) is 11.3 Å². The summed E-state index contributed by atoms with van der Waals surface area (Å²) in [6.07, 6.45) is 1.81. The lowest BCUT2D eigenvalue weighted by molar-refractivity contribution is -0.384. The van der Waals surface area contributed by atoms with Gasteiger partial charge >= 0.3 is 11.9 Å². The monoisotopic (exact) mass is 752 g/mol. The van der Waals surface area contributed by atoms with Crippen LogP contribution in [-0.2, 0) is 25.7 Å². The van der Waals surface area contributed by atoms with Crippen LogP contribution in [0.1, 0.15) is 36.5 Å². The van der Waals surface area contributed by atoms with Crippen LogP contribution < -0.4 is 4.74 Å². The van der Waals surface area contributed by atoms with Gasteiger partial charge in [-0.15, -0.1) is 0 Å². The molecule has 5 rings (SSSR count). The second kappa shape index (κ2) is 10.8. The lowest BCUT2D eigenvalue weighted by Crippen LogP contribution is -2.48. The summed E-state index contributed by atoms with van der Waals surface area (Å²) < 4.78 is 18.6. The number of non-ortho nitro benzene ring substituents is 1. The molecule has 1 atom stereocenters. The first kappa shape index (κ1) is 27.4. The number of rotatable bonds is 7. The van der Waals surface area contributed by atoms with Gasteiger partial charge in [-0.1, -0.05) is 30.3 Å². The number of hydrogen-bond donors (Lipinski definition) is 1. The van der Waals surface area contributed by atoms with E-state index in [1.165, 1.54) is 26.0 Å². The number of nitro benzene ring substituents is 1. The highest BCUT2D eigenvalue weighted by Gasteiger charge is 2.48. The third-order valence-corrected chi connectivity index (χ3v) is 7.98. The largest absolute Gasteiger partial charge is 0.487 e. The molecule has 0 radical (unpaired) electrons. The summed E-state index contributed by atoms with van der Waals surface area (Å²) in [5.74, 6) is -3.95. The Kier molecular flexibility index (Phi) is 7.55. The summed E-state index contributed by atoms with van der Waals surface area (Å²) in [5, 5.41) is 12.0. The van der Waals surface area contributed by atoms with Gasteiger partial charge in [0.2, 0.25) is 0 Å². The number of esters is 2. The molecule has 200 valence electrons. The predicted molar refractivity (Wildman–Crippen MR) is 159 cm³/mol. The zero-order valence-corrected chi connectivity index (χ0v) is 25.1. The molecule has 11 heteroatoms. The quantitative estimate of drug-likeness (QED) is 0.0758. The summed E-state index contributed by atoms with van der Waals surface area (Å²) in [6, 6.07) is 17.7. The van der Waals surface area contributed by atoms with Crippen LogP contribution in [0.4, 0.5) is 5.69 Å². The van der Waals surface area contributed by atoms with Crippen molar-refractivity contribution in [3.05, 3.63) is 101 Å². The highest BCUT2D eigenvalue weighted by atomic mass is 127. The number of carbonyl (C=O) groups is 2. The fraction of sp³-hybridized carbons (Fsp3) is 0.214. The molecular weight excluding hydrogens is 730 g/mol. The van der Waals surface area contributed by atoms with Gasteiger partial charge in [-0.05, 0) is 80.1 Å². The number of benzene rings is 3. The molecule has 2 heterocycles. The fourth-order valence-electron chi connectivity index (χ4n) is 4.72. The van der Waals surface area contributed by atoms with Crippen molar-refractivity contribution < 1.29 is 28.7 Å². The molecule has 1 aliphatic heterocycles. The highest BCUT2D eigenvalue weighted by Crippen LogP contribution is 2.43. The van der Waals surface area contributed by atoms with Crippen molar-refractivity contribution in [2.24, 2.45) is 5.92 Å². The van der Waals surface area contributed by atoms with Gasteiger partial charge in [-0.25, -0.2) is 0 Å². The first-order chi connectivity index (χ1) is 18.5. The van der Waals surface area contributed by atoms with Crippen molar-refractivity contribution >= 4 is 73.7 Å². The molecule has 4 aromatic rings. The van der Waals surface area contributed by atoms with E-state index in [1.807, 2.05) is 42.6 Å². The second-order valence-electron chi connectivity index (χ2n) is 9.52. The van der Waals surface area contributed by atoms with E-state index in [-0.39, 0.29) is 12.3 Å². The maximum atomic E-state index is 13.2. The van der Waals surface area contributed by atoms with E-state index in [1.54, 1.807) is 12.1 Å². The third-order valence-electron chi connectivity index (χ3n) is 6.37. The average Bonchev–Trinajstić information content (AvgIpc) is 3.29. The lowest BCUT2D eigenvalue weighted by Gasteiger charge is -2.36. The van der Waals surface area contributed by atoms with Gasteiger partial charge in [0, 0.05) is 49.0 Å². The molecule has 1 aromatic heterocycles. The molecule has 1 N–H and O–H groups in total. The SMILES string of the molecule is CC1(C)OC(=O)C([C@@H](c2cc(I)c(OCc3cccc([N+](=O)[O-])c3)c(I)c2)c2c[nH]c3ccccc23)C(=O)O1. The summed E-state index contributed by atoms with van der Waals surface area (Å²) >= 11 is 4.30. The van der Waals surface area contributed by atoms with Gasteiger partial charge in [0.05, 0.1) is 12.1 Å². The minimum atomic E-state index is -1.34. The zero-order valence-electron chi connectivity index (χ0n) is 20.8. The number of H-pyrrole nitrogens is 1. The van der Waals surface area contributed by atoms with Crippen molar-refractivity contribution in [2.45, 2.75) is 32.2 Å². The normalized spacial score (nSPS) is 16.0. The molecule has 39 heavy (non-hydrogen) atoms. The number of para-hydroxylation sites is 1. The molecule has 0 spiro atoms. The standard InChI is InChI=1S/C28H22I2N2O7/c1-28(2)38-26(33)24(27(34)39-28)23(19-13-31-22-9-4-3-8-18(19)22)16-11-20(29)25(21(30)12-16)37-14-15-6-5-7-17(10-15)32(35)36/h3-13,23-24,31H,14H2,1-2H3/t23-/m0/s1. The van der Waals surface area contributed by atoms with Gasteiger partial charge in [0.1, 0.15) is 12.4 Å². The molecule has 0 saturated carbocycles. The summed E-state index contributed by atoms with van der Waals surface area (Å²) in [7, 11) is 0. The minimum absolute atomic E-state index is 0.00755. The van der Waals surface area contributed by atoms with E-state index in [2.05, 4.69) is 50.2 Å². The Balaban J connectivity index is 1.54. The number of nitrogens with zero attached hydrogens (tertiary/aromatic N) is 1. The van der Waals surface area contributed by atoms with Crippen molar-refractivity contribution in [1.82, 2.24) is 4.98 Å². The van der Waals surface area contributed by atoms with Crippen molar-refractivity contribution in [2.75, 3.05) is 0 Å². The Labute approximate surface area is 250 Å². The Morgan fingerprint density at radius 3 is 2.36 bits per heavy atom. The average molecular weight is 752 g/mol. The maximum Gasteiger partial charge on any atom is 0.324 e. The Hall–Kier alpha value is -3.20. The van der Waals surface area contributed by atoms with Gasteiger partial charge in [-0.3, -0.25) is 19.7 Å². The third kappa shape index (κ3) is 5.60. The molecule has 1 aliphatic rings. The van der Waals surface area contributed by atoms with Gasteiger partial charge in [0.25, 0.3) is 11.5 Å². The maximum absolute atomic E-state index is 13.2. The number of nitrogens with one attached hydrogen (secondary N) is 1. The molecule has 1 saturated heterocycles. The van der Waals surface area contributed by atoms with Crippen molar-refractivity contribution in [1.29, 1.82) is 0 Å². The molecule has 3 aromatic carbocycles. The molecule has 1 fully saturated rings. The smallest absolute Gasteiger partial charge is 0.324 e. The van der Waals surface area contributed by atoms with Crippen molar-refractivity contribution in [3.63, 3.8) is 0 Å². The molecular formula is C28H22I2N2O7. The van der Waals surface area contributed by atoms with E-state index >= 15 is 0 Å². The Bertz CT molecular complexity index is 1570. The highest BCUT2D eigenvalue weighted by molar-refractivity contribution is 14.1. The summed E-state index contributed by atoms with van der Waals surface area (Å²) in [4.78, 5) is 40.4. The van der Waals surface area contributed by atoms with E-state index in [0.717, 1.165) is 29.2 Å². The summed E-state index contributed by atoms with van der Waals surface area (Å²) in [6.45, 7) is 3.19. The number of aromatic nitrogens is 1. The topological polar surface area (TPSA) is 121 Å². The second-order valence-corrected chi connectivity index (χ2v) is 11.8. The Morgan fingerprint density at radius 1 is 1.03 bits per heavy atom. The van der Waals surface area contributed by atoms with Crippen LogP contribution >= 0.6 is 45.2 Å². The first-order valence-electron chi connectivity index (χ1n) is 11.9. The number of fused-ring (bicyclic) bond motifs is 1. The van der Waals surface area contributed by atoms with Crippen LogP contribution in [0.3, 0.4) is 0 Å². The van der Waals surface area contributed by atoms with Crippen LogP contribution in [0.2, 0.25) is 0 Å². The lowest BCUT2D eigenvalue weighted by atomic mass is 9.80. The molecule has 0 aliphatic carbocycles. The van der Waals surface area contributed by atoms with Crippen LogP contribution in [0.5, 0.6) is 5.75 Å². The number of cyclic esters (lactones) is 2. The summed E-state index contributed by atoms with van der Waals surface area (Å²) in [5.41, 5.74) is 3.01. The van der Waals surface area contributed by atoms with Crippen LogP contribution in [0.25, 0.3) is 10.9 Å². The van der Waals surface area contributed by atoms with E-state index in [4.69, 9.17) is 14.2 Å². The van der Waals surface area contributed by atoms with Crippen LogP contribution in [0, 0.1) is 23.2 Å². The Morgan fingerprint density at radius 2 is 1.69 bits per heavy atom. The predicted octanol–water partition coefficient (Wildman–Crippen LogP) is 6.45. The number of halogens is 2. The fourth-order valence-corrected chi connectivity index (χ4v) is 6.84. The number of ether oxygens (including phenoxy) is 3. The number of hydrogen-bond acceptors (Lipinski definition) is 7. The van der Waals surface area contributed by atoms with Gasteiger partial charge < -0.3 is 19.2 Å². The molecule has 0 unspecified atom stereocenters. The number of aromatic amines is 1. The van der Waals surface area contributed by atoms with E-state index in [9.17, 15) is 19.7 Å². The van der Waals surface area contributed by atoms with E-state index < -0.39 is 34.5 Å². The molecule has 9 nitrogen and oxygen atoms in total. The number of nitro groups is 1. The zero-order chi connectivity index (χ0) is 27.9.